The number of anilines is 1. The number of rotatable bonds is 1. The van der Waals surface area contributed by atoms with E-state index in [-0.39, 0.29) is 5.91 Å². The topological polar surface area (TPSA) is 92.3 Å². The van der Waals surface area contributed by atoms with Crippen molar-refractivity contribution in [2.45, 2.75) is 12.0 Å². The second-order valence-electron chi connectivity index (χ2n) is 6.65. The van der Waals surface area contributed by atoms with E-state index in [9.17, 15) is 9.90 Å². The number of carbonyl (C=O) groups excluding carboxylic acids is 1. The van der Waals surface area contributed by atoms with Crippen LogP contribution in [0.25, 0.3) is 22.0 Å². The average Bonchev–Trinajstić information content (AvgIpc) is 2.95. The SMILES string of the molecule is CN1CCC(O)(C#Cc2cccc(-c3cc4c(N)nccc4cn3)c2)C1=O. The van der Waals surface area contributed by atoms with Gasteiger partial charge < -0.3 is 15.7 Å². The van der Waals surface area contributed by atoms with Crippen molar-refractivity contribution in [2.75, 3.05) is 19.3 Å². The van der Waals surface area contributed by atoms with Gasteiger partial charge in [0.05, 0.1) is 5.69 Å². The molecule has 0 spiro atoms. The van der Waals surface area contributed by atoms with Gasteiger partial charge in [-0.05, 0) is 24.3 Å². The molecule has 1 aliphatic rings. The van der Waals surface area contributed by atoms with Gasteiger partial charge in [-0.25, -0.2) is 4.98 Å². The molecule has 3 heterocycles. The Kier molecular flexibility index (Phi) is 4.02. The van der Waals surface area contributed by atoms with Crippen LogP contribution >= 0.6 is 0 Å². The van der Waals surface area contributed by atoms with Gasteiger partial charge in [0.15, 0.2) is 0 Å². The number of amides is 1. The maximum Gasteiger partial charge on any atom is 0.267 e. The minimum absolute atomic E-state index is 0.313. The van der Waals surface area contributed by atoms with Gasteiger partial charge in [0, 0.05) is 54.3 Å². The number of nitrogen functional groups attached to an aromatic ring is 1. The van der Waals surface area contributed by atoms with Gasteiger partial charge in [0.1, 0.15) is 5.82 Å². The number of pyridine rings is 2. The molecule has 134 valence electrons. The number of likely N-dealkylation sites (tertiary alicyclic amines) is 1. The standard InChI is InChI=1S/C21H18N4O2/c1-25-10-8-21(27,20(25)26)7-5-14-3-2-4-15(11-14)18-12-17-16(13-24-18)6-9-23-19(17)22/h2-4,6,9,11-13,27H,8,10H2,1H3,(H2,22,23). The quantitative estimate of drug-likeness (QED) is 0.648. The lowest BCUT2D eigenvalue weighted by molar-refractivity contribution is -0.137. The first kappa shape index (κ1) is 17.0. The van der Waals surface area contributed by atoms with Crippen molar-refractivity contribution in [1.29, 1.82) is 0 Å². The highest BCUT2D eigenvalue weighted by molar-refractivity contribution is 5.92. The molecule has 1 aromatic carbocycles. The van der Waals surface area contributed by atoms with Gasteiger partial charge in [-0.3, -0.25) is 9.78 Å². The Morgan fingerprint density at radius 3 is 2.89 bits per heavy atom. The first-order chi connectivity index (χ1) is 13.0. The summed E-state index contributed by atoms with van der Waals surface area (Å²) in [6.07, 6.45) is 3.73. The van der Waals surface area contributed by atoms with Crippen molar-refractivity contribution in [1.82, 2.24) is 14.9 Å². The fourth-order valence-corrected chi connectivity index (χ4v) is 3.15. The molecule has 3 aromatic rings. The van der Waals surface area contributed by atoms with Crippen LogP contribution in [-0.4, -0.2) is 45.1 Å². The number of carbonyl (C=O) groups is 1. The van der Waals surface area contributed by atoms with Crippen molar-refractivity contribution >= 4 is 22.5 Å². The third-order valence-electron chi connectivity index (χ3n) is 4.76. The van der Waals surface area contributed by atoms with E-state index in [1.165, 1.54) is 4.90 Å². The normalized spacial score (nSPS) is 19.2. The molecule has 1 unspecified atom stereocenters. The zero-order valence-corrected chi connectivity index (χ0v) is 14.8. The molecule has 1 aliphatic heterocycles. The van der Waals surface area contributed by atoms with Gasteiger partial charge in [0.25, 0.3) is 5.91 Å². The van der Waals surface area contributed by atoms with Crippen LogP contribution in [0.4, 0.5) is 5.82 Å². The van der Waals surface area contributed by atoms with Gasteiger partial charge in [0.2, 0.25) is 5.60 Å². The Hall–Kier alpha value is -3.43. The number of hydrogen-bond acceptors (Lipinski definition) is 5. The van der Waals surface area contributed by atoms with Crippen molar-refractivity contribution in [2.24, 2.45) is 0 Å². The van der Waals surface area contributed by atoms with Crippen LogP contribution < -0.4 is 5.73 Å². The molecule has 0 radical (unpaired) electrons. The van der Waals surface area contributed by atoms with E-state index in [1.807, 2.05) is 36.4 Å². The van der Waals surface area contributed by atoms with E-state index in [0.717, 1.165) is 22.0 Å². The van der Waals surface area contributed by atoms with E-state index in [2.05, 4.69) is 21.8 Å². The summed E-state index contributed by atoms with van der Waals surface area (Å²) in [5.41, 5.74) is 6.68. The molecule has 0 aliphatic carbocycles. The first-order valence-electron chi connectivity index (χ1n) is 8.58. The lowest BCUT2D eigenvalue weighted by Gasteiger charge is -2.13. The van der Waals surface area contributed by atoms with Crippen molar-refractivity contribution < 1.29 is 9.90 Å². The van der Waals surface area contributed by atoms with Crippen LogP contribution in [0.2, 0.25) is 0 Å². The molecular formula is C21H18N4O2. The Morgan fingerprint density at radius 2 is 2.11 bits per heavy atom. The summed E-state index contributed by atoms with van der Waals surface area (Å²) in [6.45, 7) is 0.501. The molecule has 0 bridgehead atoms. The molecule has 4 rings (SSSR count). The van der Waals surface area contributed by atoms with E-state index in [4.69, 9.17) is 5.73 Å². The average molecular weight is 358 g/mol. The van der Waals surface area contributed by atoms with Gasteiger partial charge in [-0.2, -0.15) is 0 Å². The number of likely N-dealkylation sites (N-methyl/N-ethyl adjacent to an activating group) is 1. The molecule has 1 fully saturated rings. The summed E-state index contributed by atoms with van der Waals surface area (Å²) in [5, 5.41) is 12.2. The number of fused-ring (bicyclic) bond motifs is 1. The molecule has 0 saturated carbocycles. The molecule has 1 amide bonds. The molecule has 6 nitrogen and oxygen atoms in total. The van der Waals surface area contributed by atoms with E-state index in [0.29, 0.717) is 24.3 Å². The number of aliphatic hydroxyl groups is 1. The highest BCUT2D eigenvalue weighted by Gasteiger charge is 2.42. The van der Waals surface area contributed by atoms with E-state index in [1.54, 1.807) is 19.4 Å². The van der Waals surface area contributed by atoms with Gasteiger partial charge in [-0.1, -0.05) is 24.0 Å². The Morgan fingerprint density at radius 1 is 1.26 bits per heavy atom. The lowest BCUT2D eigenvalue weighted by Crippen LogP contribution is -2.37. The molecule has 1 saturated heterocycles. The second-order valence-corrected chi connectivity index (χ2v) is 6.65. The van der Waals surface area contributed by atoms with Crippen LogP contribution in [0.3, 0.4) is 0 Å². The summed E-state index contributed by atoms with van der Waals surface area (Å²) >= 11 is 0. The summed E-state index contributed by atoms with van der Waals surface area (Å²) in [6, 6.07) is 11.3. The minimum Gasteiger partial charge on any atom is -0.383 e. The highest BCUT2D eigenvalue weighted by Crippen LogP contribution is 2.25. The van der Waals surface area contributed by atoms with Crippen LogP contribution in [0.15, 0.2) is 48.8 Å². The highest BCUT2D eigenvalue weighted by atomic mass is 16.3. The summed E-state index contributed by atoms with van der Waals surface area (Å²) in [7, 11) is 1.66. The summed E-state index contributed by atoms with van der Waals surface area (Å²) in [5.74, 6) is 5.76. The van der Waals surface area contributed by atoms with Gasteiger partial charge in [-0.15, -0.1) is 0 Å². The third kappa shape index (κ3) is 3.09. The minimum atomic E-state index is -1.61. The maximum absolute atomic E-state index is 12.0. The zero-order chi connectivity index (χ0) is 19.0. The fraction of sp³-hybridized carbons (Fsp3) is 0.190. The van der Waals surface area contributed by atoms with Crippen molar-refractivity contribution in [3.63, 3.8) is 0 Å². The van der Waals surface area contributed by atoms with Gasteiger partial charge >= 0.3 is 0 Å². The maximum atomic E-state index is 12.0. The first-order valence-corrected chi connectivity index (χ1v) is 8.58. The third-order valence-corrected chi connectivity index (χ3v) is 4.76. The largest absolute Gasteiger partial charge is 0.383 e. The Balaban J connectivity index is 1.69. The molecule has 2 aromatic heterocycles. The molecule has 1 atom stereocenters. The van der Waals surface area contributed by atoms with E-state index < -0.39 is 5.60 Å². The van der Waals surface area contributed by atoms with Crippen molar-refractivity contribution in [3.05, 3.63) is 54.4 Å². The van der Waals surface area contributed by atoms with Crippen LogP contribution in [0, 0.1) is 11.8 Å². The van der Waals surface area contributed by atoms with Crippen molar-refractivity contribution in [3.8, 4) is 23.1 Å². The van der Waals surface area contributed by atoms with Crippen LogP contribution in [0.1, 0.15) is 12.0 Å². The summed E-state index contributed by atoms with van der Waals surface area (Å²) in [4.78, 5) is 22.1. The number of aromatic nitrogens is 2. The Bertz CT molecular complexity index is 1120. The molecule has 27 heavy (non-hydrogen) atoms. The second kappa shape index (κ2) is 6.38. The predicted octanol–water partition coefficient (Wildman–Crippen LogP) is 1.82. The molecular weight excluding hydrogens is 340 g/mol. The van der Waals surface area contributed by atoms with Crippen LogP contribution in [0.5, 0.6) is 0 Å². The number of benzene rings is 1. The molecule has 6 heteroatoms. The summed E-state index contributed by atoms with van der Waals surface area (Å²) < 4.78 is 0. The monoisotopic (exact) mass is 358 g/mol. The number of nitrogens with zero attached hydrogens (tertiary/aromatic N) is 3. The smallest absolute Gasteiger partial charge is 0.267 e. The zero-order valence-electron chi connectivity index (χ0n) is 14.8. The van der Waals surface area contributed by atoms with E-state index >= 15 is 0 Å². The number of nitrogens with two attached hydrogens (primary N) is 1. The Labute approximate surface area is 156 Å². The lowest BCUT2D eigenvalue weighted by atomic mass is 10.0. The number of hydrogen-bond donors (Lipinski definition) is 2. The molecule has 3 N–H and O–H groups in total. The fourth-order valence-electron chi connectivity index (χ4n) is 3.15. The van der Waals surface area contributed by atoms with Crippen LogP contribution in [-0.2, 0) is 4.79 Å². The predicted molar refractivity (Wildman–Crippen MR) is 103 cm³/mol.